The first kappa shape index (κ1) is 16.5. The lowest BCUT2D eigenvalue weighted by atomic mass is 9.80. The number of aliphatic carboxylic acids is 1. The zero-order chi connectivity index (χ0) is 17.2. The molecule has 5 heteroatoms. The van der Waals surface area contributed by atoms with Gasteiger partial charge in [0.15, 0.2) is 0 Å². The van der Waals surface area contributed by atoms with E-state index in [2.05, 4.69) is 16.0 Å². The van der Waals surface area contributed by atoms with E-state index in [9.17, 15) is 9.90 Å². The molecule has 0 amide bonds. The maximum atomic E-state index is 12.0. The van der Waals surface area contributed by atoms with Crippen LogP contribution in [-0.4, -0.2) is 48.1 Å². The average molecular weight is 325 g/mol. The number of nitrogens with zero attached hydrogens (tertiary/aromatic N) is 3. The number of benzene rings is 1. The maximum absolute atomic E-state index is 12.0. The van der Waals surface area contributed by atoms with Crippen LogP contribution < -0.4 is 4.90 Å². The summed E-state index contributed by atoms with van der Waals surface area (Å²) in [6.45, 7) is 2.03. The summed E-state index contributed by atoms with van der Waals surface area (Å²) in [4.78, 5) is 20.6. The first-order valence-corrected chi connectivity index (χ1v) is 8.15. The van der Waals surface area contributed by atoms with E-state index in [0.717, 1.165) is 30.0 Å². The van der Waals surface area contributed by atoms with Crippen molar-refractivity contribution in [2.24, 2.45) is 0 Å². The largest absolute Gasteiger partial charge is 0.481 e. The van der Waals surface area contributed by atoms with Gasteiger partial charge in [-0.3, -0.25) is 9.69 Å². The van der Waals surface area contributed by atoms with E-state index in [4.69, 9.17) is 0 Å². The zero-order valence-corrected chi connectivity index (χ0v) is 14.1. The van der Waals surface area contributed by atoms with Crippen LogP contribution >= 0.6 is 0 Å². The number of carbonyl (C=O) groups is 1. The van der Waals surface area contributed by atoms with E-state index >= 15 is 0 Å². The number of likely N-dealkylation sites (tertiary alicyclic amines) is 1. The fraction of sp³-hybridized carbons (Fsp3) is 0.368. The normalized spacial score (nSPS) is 20.9. The highest BCUT2D eigenvalue weighted by atomic mass is 16.4. The van der Waals surface area contributed by atoms with Crippen molar-refractivity contribution in [3.8, 4) is 0 Å². The molecule has 0 saturated carbocycles. The molecule has 2 aromatic rings. The lowest BCUT2D eigenvalue weighted by Gasteiger charge is -2.25. The lowest BCUT2D eigenvalue weighted by molar-refractivity contribution is -0.143. The minimum Gasteiger partial charge on any atom is -0.481 e. The predicted octanol–water partition coefficient (Wildman–Crippen LogP) is 2.38. The molecular formula is C19H23N3O2. The summed E-state index contributed by atoms with van der Waals surface area (Å²) >= 11 is 0. The van der Waals surface area contributed by atoms with Crippen LogP contribution in [-0.2, 0) is 16.8 Å². The molecule has 1 aromatic carbocycles. The summed E-state index contributed by atoms with van der Waals surface area (Å²) in [7, 11) is 3.92. The predicted molar refractivity (Wildman–Crippen MR) is 94.2 cm³/mol. The molecule has 2 heterocycles. The fourth-order valence-electron chi connectivity index (χ4n) is 3.35. The van der Waals surface area contributed by atoms with E-state index in [1.165, 1.54) is 0 Å². The second-order valence-electron chi connectivity index (χ2n) is 6.63. The Morgan fingerprint density at radius 2 is 2.00 bits per heavy atom. The molecule has 1 unspecified atom stereocenters. The average Bonchev–Trinajstić information content (AvgIpc) is 3.01. The first-order chi connectivity index (χ1) is 11.5. The SMILES string of the molecule is CN(C)c1ccc(CN2CCC(C(=O)O)(c3ccccc3)C2)cn1. The molecule has 0 spiro atoms. The smallest absolute Gasteiger partial charge is 0.315 e. The Kier molecular flexibility index (Phi) is 4.53. The van der Waals surface area contributed by atoms with Gasteiger partial charge in [-0.15, -0.1) is 0 Å². The molecule has 0 radical (unpaired) electrons. The molecule has 1 aliphatic rings. The van der Waals surface area contributed by atoms with Gasteiger partial charge in [-0.05, 0) is 23.6 Å². The quantitative estimate of drug-likeness (QED) is 0.915. The van der Waals surface area contributed by atoms with Crippen LogP contribution in [0, 0.1) is 0 Å². The van der Waals surface area contributed by atoms with Gasteiger partial charge in [0.2, 0.25) is 0 Å². The fourth-order valence-corrected chi connectivity index (χ4v) is 3.35. The topological polar surface area (TPSA) is 56.7 Å². The van der Waals surface area contributed by atoms with Gasteiger partial charge in [-0.1, -0.05) is 36.4 Å². The summed E-state index contributed by atoms with van der Waals surface area (Å²) in [5.74, 6) is 0.182. The van der Waals surface area contributed by atoms with Crippen LogP contribution in [0.3, 0.4) is 0 Å². The Labute approximate surface area is 142 Å². The third kappa shape index (κ3) is 3.12. The Hall–Kier alpha value is -2.40. The van der Waals surface area contributed by atoms with Gasteiger partial charge in [0.25, 0.3) is 0 Å². The molecule has 1 aromatic heterocycles. The maximum Gasteiger partial charge on any atom is 0.315 e. The second-order valence-corrected chi connectivity index (χ2v) is 6.63. The molecule has 1 aliphatic heterocycles. The van der Waals surface area contributed by atoms with Crippen LogP contribution in [0.5, 0.6) is 0 Å². The number of hydrogen-bond donors (Lipinski definition) is 1. The molecule has 1 atom stereocenters. The van der Waals surface area contributed by atoms with Gasteiger partial charge < -0.3 is 10.0 Å². The van der Waals surface area contributed by atoms with Crippen molar-refractivity contribution in [3.05, 3.63) is 59.8 Å². The highest BCUT2D eigenvalue weighted by Crippen LogP contribution is 2.35. The molecule has 5 nitrogen and oxygen atoms in total. The van der Waals surface area contributed by atoms with Gasteiger partial charge in [0.1, 0.15) is 11.2 Å². The number of hydrogen-bond acceptors (Lipinski definition) is 4. The molecule has 1 saturated heterocycles. The standard InChI is InChI=1S/C19H23N3O2/c1-21(2)17-9-8-15(12-20-17)13-22-11-10-19(14-22,18(23)24)16-6-4-3-5-7-16/h3-9,12H,10-11,13-14H2,1-2H3,(H,23,24). The number of anilines is 1. The Morgan fingerprint density at radius 1 is 1.25 bits per heavy atom. The zero-order valence-electron chi connectivity index (χ0n) is 14.1. The van der Waals surface area contributed by atoms with Crippen molar-refractivity contribution < 1.29 is 9.90 Å². The summed E-state index contributed by atoms with van der Waals surface area (Å²) < 4.78 is 0. The number of carboxylic acids is 1. The minimum atomic E-state index is -0.807. The molecule has 1 N–H and O–H groups in total. The van der Waals surface area contributed by atoms with Gasteiger partial charge in [0.05, 0.1) is 0 Å². The monoisotopic (exact) mass is 325 g/mol. The van der Waals surface area contributed by atoms with Gasteiger partial charge >= 0.3 is 5.97 Å². The molecular weight excluding hydrogens is 302 g/mol. The summed E-state index contributed by atoms with van der Waals surface area (Å²) in [6, 6.07) is 13.6. The second kappa shape index (κ2) is 6.61. The van der Waals surface area contributed by atoms with Crippen LogP contribution in [0.4, 0.5) is 5.82 Å². The van der Waals surface area contributed by atoms with Crippen LogP contribution in [0.25, 0.3) is 0 Å². The third-order valence-electron chi connectivity index (χ3n) is 4.76. The summed E-state index contributed by atoms with van der Waals surface area (Å²) in [5.41, 5.74) is 1.19. The summed E-state index contributed by atoms with van der Waals surface area (Å²) in [6.07, 6.45) is 2.51. The van der Waals surface area contributed by atoms with Gasteiger partial charge in [-0.25, -0.2) is 4.98 Å². The van der Waals surface area contributed by atoms with E-state index in [0.29, 0.717) is 13.0 Å². The van der Waals surface area contributed by atoms with E-state index in [1.807, 2.05) is 61.6 Å². The molecule has 0 aliphatic carbocycles. The highest BCUT2D eigenvalue weighted by molar-refractivity contribution is 5.82. The van der Waals surface area contributed by atoms with Crippen molar-refractivity contribution >= 4 is 11.8 Å². The Balaban J connectivity index is 1.75. The van der Waals surface area contributed by atoms with Crippen molar-refractivity contribution in [3.63, 3.8) is 0 Å². The lowest BCUT2D eigenvalue weighted by Crippen LogP contribution is -2.38. The van der Waals surface area contributed by atoms with Gasteiger partial charge in [0, 0.05) is 39.9 Å². The third-order valence-corrected chi connectivity index (χ3v) is 4.76. The number of aromatic nitrogens is 1. The Morgan fingerprint density at radius 3 is 2.58 bits per heavy atom. The van der Waals surface area contributed by atoms with E-state index in [-0.39, 0.29) is 0 Å². The van der Waals surface area contributed by atoms with E-state index < -0.39 is 11.4 Å². The van der Waals surface area contributed by atoms with Crippen molar-refractivity contribution in [1.82, 2.24) is 9.88 Å². The first-order valence-electron chi connectivity index (χ1n) is 8.15. The molecule has 3 rings (SSSR count). The Bertz CT molecular complexity index is 700. The number of rotatable bonds is 5. The van der Waals surface area contributed by atoms with Crippen molar-refractivity contribution in [2.75, 3.05) is 32.1 Å². The van der Waals surface area contributed by atoms with Crippen molar-refractivity contribution in [2.45, 2.75) is 18.4 Å². The molecule has 1 fully saturated rings. The van der Waals surface area contributed by atoms with Crippen LogP contribution in [0.2, 0.25) is 0 Å². The molecule has 0 bridgehead atoms. The van der Waals surface area contributed by atoms with E-state index in [1.54, 1.807) is 0 Å². The van der Waals surface area contributed by atoms with Crippen molar-refractivity contribution in [1.29, 1.82) is 0 Å². The van der Waals surface area contributed by atoms with Crippen LogP contribution in [0.1, 0.15) is 17.5 Å². The minimum absolute atomic E-state index is 0.530. The summed E-state index contributed by atoms with van der Waals surface area (Å²) in [5, 5.41) is 9.85. The number of pyridine rings is 1. The molecule has 24 heavy (non-hydrogen) atoms. The number of carboxylic acid groups (broad SMARTS) is 1. The molecule has 126 valence electrons. The highest BCUT2D eigenvalue weighted by Gasteiger charge is 2.46. The van der Waals surface area contributed by atoms with Crippen LogP contribution in [0.15, 0.2) is 48.7 Å². The van der Waals surface area contributed by atoms with Gasteiger partial charge in [-0.2, -0.15) is 0 Å².